The molecule has 2 fully saturated rings. The average molecular weight is 389 g/mol. The van der Waals surface area contributed by atoms with Gasteiger partial charge in [0, 0.05) is 36.4 Å². The Kier molecular flexibility index (Phi) is 4.99. The van der Waals surface area contributed by atoms with Crippen molar-refractivity contribution < 1.29 is 9.53 Å². The van der Waals surface area contributed by atoms with Gasteiger partial charge >= 0.3 is 0 Å². The molecule has 27 heavy (non-hydrogen) atoms. The lowest BCUT2D eigenvalue weighted by molar-refractivity contribution is -0.0502. The number of nitrogens with one attached hydrogen (secondary N) is 2. The number of rotatable bonds is 3. The fourth-order valence-electron chi connectivity index (χ4n) is 3.77. The average Bonchev–Trinajstić information content (AvgIpc) is 3.03. The maximum Gasteiger partial charge on any atom is 0.263 e. The normalized spacial score (nSPS) is 25.2. The molecule has 1 aromatic carbocycles. The predicted octanol–water partition coefficient (Wildman–Crippen LogP) is 1.68. The van der Waals surface area contributed by atoms with Crippen LogP contribution in [0.5, 0.6) is 0 Å². The van der Waals surface area contributed by atoms with E-state index in [1.54, 1.807) is 6.92 Å². The Morgan fingerprint density at radius 3 is 2.85 bits per heavy atom. The Morgan fingerprint density at radius 2 is 2.11 bits per heavy atom. The monoisotopic (exact) mass is 388 g/mol. The molecular formula is C19H21ClN4O3. The number of hydrogen-bond acceptors (Lipinski definition) is 5. The highest BCUT2D eigenvalue weighted by Crippen LogP contribution is 2.30. The van der Waals surface area contributed by atoms with Crippen LogP contribution in [0.1, 0.15) is 34.3 Å². The van der Waals surface area contributed by atoms with Crippen molar-refractivity contribution in [2.24, 2.45) is 0 Å². The SMILES string of the molecule is Cc1ncc(C(=O)N[C@@H]2C[C@H]3CO[C@@H](c4ccc(Cl)cc4)CN3C2)c(=O)[nH]1. The second-order valence-electron chi connectivity index (χ2n) is 7.10. The molecule has 2 aromatic rings. The highest BCUT2D eigenvalue weighted by atomic mass is 35.5. The second-order valence-corrected chi connectivity index (χ2v) is 7.54. The highest BCUT2D eigenvalue weighted by Gasteiger charge is 2.38. The number of carbonyl (C=O) groups is 1. The number of fused-ring (bicyclic) bond motifs is 1. The van der Waals surface area contributed by atoms with Crippen molar-refractivity contribution in [3.8, 4) is 0 Å². The van der Waals surface area contributed by atoms with Gasteiger partial charge in [0.1, 0.15) is 11.4 Å². The van der Waals surface area contributed by atoms with E-state index in [4.69, 9.17) is 16.3 Å². The van der Waals surface area contributed by atoms with Crippen LogP contribution < -0.4 is 10.9 Å². The fraction of sp³-hybridized carbons (Fsp3) is 0.421. The van der Waals surface area contributed by atoms with Gasteiger partial charge in [-0.25, -0.2) is 4.98 Å². The number of aromatic nitrogens is 2. The number of nitrogens with zero attached hydrogens (tertiary/aromatic N) is 2. The minimum atomic E-state index is -0.415. The predicted molar refractivity (Wildman–Crippen MR) is 101 cm³/mol. The van der Waals surface area contributed by atoms with Crippen molar-refractivity contribution in [3.05, 3.63) is 62.8 Å². The van der Waals surface area contributed by atoms with E-state index < -0.39 is 5.56 Å². The molecule has 0 unspecified atom stereocenters. The van der Waals surface area contributed by atoms with Crippen molar-refractivity contribution >= 4 is 17.5 Å². The summed E-state index contributed by atoms with van der Waals surface area (Å²) in [5.74, 6) is 0.101. The second kappa shape index (κ2) is 7.42. The summed E-state index contributed by atoms with van der Waals surface area (Å²) in [4.78, 5) is 33.3. The van der Waals surface area contributed by atoms with E-state index in [9.17, 15) is 9.59 Å². The maximum atomic E-state index is 12.4. The summed E-state index contributed by atoms with van der Waals surface area (Å²) < 4.78 is 6.03. The van der Waals surface area contributed by atoms with Crippen molar-refractivity contribution in [3.63, 3.8) is 0 Å². The van der Waals surface area contributed by atoms with Crippen molar-refractivity contribution in [1.29, 1.82) is 0 Å². The van der Waals surface area contributed by atoms with Crippen molar-refractivity contribution in [2.75, 3.05) is 19.7 Å². The van der Waals surface area contributed by atoms with Gasteiger partial charge in [0.05, 0.1) is 12.7 Å². The molecule has 2 saturated heterocycles. The molecule has 1 aromatic heterocycles. The molecule has 2 aliphatic heterocycles. The molecule has 3 atom stereocenters. The molecule has 8 heteroatoms. The lowest BCUT2D eigenvalue weighted by Gasteiger charge is -2.35. The zero-order chi connectivity index (χ0) is 19.0. The molecule has 0 bridgehead atoms. The van der Waals surface area contributed by atoms with E-state index >= 15 is 0 Å². The molecule has 0 aliphatic carbocycles. The topological polar surface area (TPSA) is 87.3 Å². The van der Waals surface area contributed by atoms with E-state index in [-0.39, 0.29) is 29.7 Å². The summed E-state index contributed by atoms with van der Waals surface area (Å²) in [5, 5.41) is 3.67. The van der Waals surface area contributed by atoms with Gasteiger partial charge in [-0.1, -0.05) is 23.7 Å². The van der Waals surface area contributed by atoms with Gasteiger partial charge in [-0.05, 0) is 31.0 Å². The van der Waals surface area contributed by atoms with Crippen LogP contribution in [0, 0.1) is 6.92 Å². The number of halogens is 1. The lowest BCUT2D eigenvalue weighted by Crippen LogP contribution is -2.43. The van der Waals surface area contributed by atoms with Crippen LogP contribution in [0.15, 0.2) is 35.3 Å². The van der Waals surface area contributed by atoms with E-state index in [1.807, 2.05) is 24.3 Å². The van der Waals surface area contributed by atoms with Gasteiger partial charge in [-0.2, -0.15) is 0 Å². The number of amides is 1. The molecule has 4 rings (SSSR count). The van der Waals surface area contributed by atoms with E-state index in [1.165, 1.54) is 6.20 Å². The third kappa shape index (κ3) is 3.90. The van der Waals surface area contributed by atoms with Gasteiger partial charge in [0.2, 0.25) is 0 Å². The third-order valence-corrected chi connectivity index (χ3v) is 5.42. The number of ether oxygens (including phenoxy) is 1. The van der Waals surface area contributed by atoms with E-state index in [0.29, 0.717) is 17.5 Å². The Labute approximate surface area is 161 Å². The molecule has 142 valence electrons. The summed E-state index contributed by atoms with van der Waals surface area (Å²) in [6.07, 6.45) is 2.12. The number of carbonyl (C=O) groups excluding carboxylic acids is 1. The molecule has 0 radical (unpaired) electrons. The molecule has 7 nitrogen and oxygen atoms in total. The van der Waals surface area contributed by atoms with Crippen LogP contribution in [-0.2, 0) is 4.74 Å². The first-order valence-corrected chi connectivity index (χ1v) is 9.35. The minimum absolute atomic E-state index is 0.00267. The van der Waals surface area contributed by atoms with E-state index in [0.717, 1.165) is 25.1 Å². The first-order chi connectivity index (χ1) is 13.0. The molecule has 2 N–H and O–H groups in total. The van der Waals surface area contributed by atoms with Crippen molar-refractivity contribution in [1.82, 2.24) is 20.2 Å². The van der Waals surface area contributed by atoms with Crippen LogP contribution in [0.3, 0.4) is 0 Å². The standard InChI is InChI=1S/C19H21ClN4O3/c1-11-21-7-16(18(25)22-11)19(26)23-14-6-15-10-27-17(9-24(15)8-14)12-2-4-13(20)5-3-12/h2-5,7,14-15,17H,6,8-10H2,1H3,(H,23,26)(H,21,22,25)/t14-,15+,17-/m1/s1. The first-order valence-electron chi connectivity index (χ1n) is 8.97. The van der Waals surface area contributed by atoms with Crippen LogP contribution in [0.25, 0.3) is 0 Å². The van der Waals surface area contributed by atoms with Crippen LogP contribution >= 0.6 is 11.6 Å². The Hall–Kier alpha value is -2.22. The van der Waals surface area contributed by atoms with Crippen LogP contribution in [0.2, 0.25) is 5.02 Å². The minimum Gasteiger partial charge on any atom is -0.371 e. The van der Waals surface area contributed by atoms with Crippen LogP contribution in [0.4, 0.5) is 0 Å². The lowest BCUT2D eigenvalue weighted by atomic mass is 10.1. The number of aromatic amines is 1. The number of benzene rings is 1. The smallest absolute Gasteiger partial charge is 0.263 e. The summed E-state index contributed by atoms with van der Waals surface area (Å²) in [6.45, 7) is 3.80. The summed E-state index contributed by atoms with van der Waals surface area (Å²) in [6, 6.07) is 7.96. The Bertz CT molecular complexity index is 899. The number of H-pyrrole nitrogens is 1. The fourth-order valence-corrected chi connectivity index (χ4v) is 3.89. The maximum absolute atomic E-state index is 12.4. The number of aryl methyl sites for hydroxylation is 1. The van der Waals surface area contributed by atoms with Crippen molar-refractivity contribution in [2.45, 2.75) is 31.5 Å². The summed E-state index contributed by atoms with van der Waals surface area (Å²) in [7, 11) is 0. The Balaban J connectivity index is 1.39. The molecule has 1 amide bonds. The first kappa shape index (κ1) is 18.2. The molecule has 0 saturated carbocycles. The molecule has 2 aliphatic rings. The molecular weight excluding hydrogens is 368 g/mol. The third-order valence-electron chi connectivity index (χ3n) is 5.17. The largest absolute Gasteiger partial charge is 0.371 e. The van der Waals surface area contributed by atoms with Gasteiger partial charge in [-0.15, -0.1) is 0 Å². The molecule has 3 heterocycles. The zero-order valence-corrected chi connectivity index (χ0v) is 15.7. The zero-order valence-electron chi connectivity index (χ0n) is 14.9. The van der Waals surface area contributed by atoms with Gasteiger partial charge in [0.15, 0.2) is 0 Å². The highest BCUT2D eigenvalue weighted by molar-refractivity contribution is 6.30. The summed E-state index contributed by atoms with van der Waals surface area (Å²) >= 11 is 5.96. The quantitative estimate of drug-likeness (QED) is 0.835. The van der Waals surface area contributed by atoms with Gasteiger partial charge in [0.25, 0.3) is 11.5 Å². The van der Waals surface area contributed by atoms with Gasteiger partial charge < -0.3 is 15.0 Å². The Morgan fingerprint density at radius 1 is 1.33 bits per heavy atom. The number of hydrogen-bond donors (Lipinski definition) is 2. The van der Waals surface area contributed by atoms with E-state index in [2.05, 4.69) is 20.2 Å². The van der Waals surface area contributed by atoms with Crippen LogP contribution in [-0.4, -0.2) is 52.6 Å². The molecule has 0 spiro atoms. The summed E-state index contributed by atoms with van der Waals surface area (Å²) in [5.41, 5.74) is 0.727. The van der Waals surface area contributed by atoms with Gasteiger partial charge in [-0.3, -0.25) is 14.5 Å². The number of morpholine rings is 1.